The Morgan fingerprint density at radius 3 is 1.56 bits per heavy atom. The summed E-state index contributed by atoms with van der Waals surface area (Å²) in [7, 11) is -5.26. The van der Waals surface area contributed by atoms with Crippen LogP contribution in [0.15, 0.2) is 49.0 Å². The molecule has 0 atom stereocenters. The molecule has 25 heavy (non-hydrogen) atoms. The molecule has 0 saturated carbocycles. The summed E-state index contributed by atoms with van der Waals surface area (Å²) in [5, 5.41) is 1.16. The van der Waals surface area contributed by atoms with E-state index in [1.807, 2.05) is 23.2 Å². The van der Waals surface area contributed by atoms with Gasteiger partial charge in [-0.1, -0.05) is 23.2 Å². The molecule has 0 bridgehead atoms. The second-order valence-electron chi connectivity index (χ2n) is 7.77. The van der Waals surface area contributed by atoms with Gasteiger partial charge >= 0.3 is 0 Å². The second-order valence-corrected chi connectivity index (χ2v) is 20.3. The summed E-state index contributed by atoms with van der Waals surface area (Å²) in [6.07, 6.45) is 0. The van der Waals surface area contributed by atoms with E-state index >= 15 is 0 Å². The van der Waals surface area contributed by atoms with E-state index in [2.05, 4.69) is 65.1 Å². The monoisotopic (exact) mass is 408 g/mol. The lowest BCUT2D eigenvalue weighted by molar-refractivity contribution is 0.461. The van der Waals surface area contributed by atoms with Crippen molar-refractivity contribution in [3.63, 3.8) is 0 Å². The van der Waals surface area contributed by atoms with Gasteiger partial charge in [-0.15, -0.1) is 19.7 Å². The molecule has 0 unspecified atom stereocenters. The molecule has 0 aliphatic carbocycles. The first-order valence-corrected chi connectivity index (χ1v) is 18.4. The van der Waals surface area contributed by atoms with Crippen molar-refractivity contribution in [3.05, 3.63) is 49.0 Å². The molecular formula is C18H32O3Si4. The van der Waals surface area contributed by atoms with E-state index in [1.54, 1.807) is 0 Å². The van der Waals surface area contributed by atoms with Crippen LogP contribution in [-0.2, 0) is 0 Å². The van der Waals surface area contributed by atoms with E-state index in [0.29, 0.717) is 5.75 Å². The fourth-order valence-corrected chi connectivity index (χ4v) is 5.06. The number of rotatable bonds is 9. The standard InChI is InChI=1S/C18H32O3Si4/c1-10-23(4,5)19-15-13-14-16(22)18(21-25(8,9)12-3)17(15)20-24(6,7)11-2/h10-14H,1-3H2,4-9,22H3. The Labute approximate surface area is 159 Å². The Morgan fingerprint density at radius 2 is 1.12 bits per heavy atom. The molecule has 0 fully saturated rings. The van der Waals surface area contributed by atoms with Crippen molar-refractivity contribution in [2.24, 2.45) is 0 Å². The summed E-state index contributed by atoms with van der Waals surface area (Å²) >= 11 is 0. The van der Waals surface area contributed by atoms with Gasteiger partial charge in [0.05, 0.1) is 0 Å². The highest BCUT2D eigenvalue weighted by molar-refractivity contribution is 6.78. The molecule has 0 aliphatic rings. The van der Waals surface area contributed by atoms with E-state index in [0.717, 1.165) is 26.9 Å². The van der Waals surface area contributed by atoms with Crippen LogP contribution in [0.5, 0.6) is 17.2 Å². The second kappa shape index (κ2) is 7.94. The quantitative estimate of drug-likeness (QED) is 0.584. The summed E-state index contributed by atoms with van der Waals surface area (Å²) in [5.74, 6) is 2.27. The maximum Gasteiger partial charge on any atom is 0.269 e. The molecule has 0 radical (unpaired) electrons. The highest BCUT2D eigenvalue weighted by atomic mass is 28.4. The number of hydrogen-bond donors (Lipinski definition) is 0. The van der Waals surface area contributed by atoms with Gasteiger partial charge in [0.25, 0.3) is 25.0 Å². The lowest BCUT2D eigenvalue weighted by atomic mass is 10.3. The Balaban J connectivity index is 3.54. The van der Waals surface area contributed by atoms with Crippen molar-refractivity contribution in [1.29, 1.82) is 0 Å². The molecular weight excluding hydrogens is 377 g/mol. The van der Waals surface area contributed by atoms with Crippen LogP contribution < -0.4 is 18.5 Å². The molecule has 0 aliphatic heterocycles. The van der Waals surface area contributed by atoms with Crippen LogP contribution in [-0.4, -0.2) is 35.2 Å². The molecule has 0 N–H and O–H groups in total. The lowest BCUT2D eigenvalue weighted by Crippen LogP contribution is -2.37. The maximum absolute atomic E-state index is 6.44. The summed E-state index contributed by atoms with van der Waals surface area (Å²) in [5.41, 5.74) is 5.78. The Hall–Kier alpha value is -1.29. The van der Waals surface area contributed by atoms with E-state index in [9.17, 15) is 0 Å². The largest absolute Gasteiger partial charge is 0.538 e. The molecule has 0 aromatic heterocycles. The van der Waals surface area contributed by atoms with E-state index in [4.69, 9.17) is 13.3 Å². The first kappa shape index (κ1) is 21.7. The first-order valence-electron chi connectivity index (χ1n) is 8.48. The minimum absolute atomic E-state index is 0.717. The summed E-state index contributed by atoms with van der Waals surface area (Å²) in [4.78, 5) is 0. The minimum Gasteiger partial charge on any atom is -0.538 e. The van der Waals surface area contributed by atoms with Crippen molar-refractivity contribution in [1.82, 2.24) is 0 Å². The molecule has 0 saturated heterocycles. The number of benzene rings is 1. The SMILES string of the molecule is C=C[Si](C)(C)Oc1ccc([SiH3])c(O[Si](C)(C)C=C)c1O[Si](C)(C)C=C. The fraction of sp³-hybridized carbons (Fsp3) is 0.333. The zero-order chi connectivity index (χ0) is 19.5. The predicted molar refractivity (Wildman–Crippen MR) is 121 cm³/mol. The topological polar surface area (TPSA) is 27.7 Å². The third-order valence-electron chi connectivity index (χ3n) is 3.85. The van der Waals surface area contributed by atoms with Gasteiger partial charge in [0, 0.05) is 10.2 Å². The molecule has 1 aromatic carbocycles. The van der Waals surface area contributed by atoms with Crippen LogP contribution in [0.3, 0.4) is 0 Å². The van der Waals surface area contributed by atoms with E-state index in [-0.39, 0.29) is 0 Å². The molecule has 0 heterocycles. The van der Waals surface area contributed by atoms with Gasteiger partial charge < -0.3 is 13.3 Å². The molecule has 7 heteroatoms. The third kappa shape index (κ3) is 6.18. The highest BCUT2D eigenvalue weighted by Gasteiger charge is 2.31. The third-order valence-corrected chi connectivity index (χ3v) is 9.79. The summed E-state index contributed by atoms with van der Waals surface area (Å²) < 4.78 is 19.2. The van der Waals surface area contributed by atoms with Crippen molar-refractivity contribution < 1.29 is 13.3 Å². The van der Waals surface area contributed by atoms with Gasteiger partial charge in [0.1, 0.15) is 11.5 Å². The summed E-state index contributed by atoms with van der Waals surface area (Å²) in [6.45, 7) is 24.5. The first-order chi connectivity index (χ1) is 11.4. The average molecular weight is 409 g/mol. The van der Waals surface area contributed by atoms with Crippen LogP contribution >= 0.6 is 0 Å². The summed E-state index contributed by atoms with van der Waals surface area (Å²) in [6, 6.07) is 4.08. The van der Waals surface area contributed by atoms with Gasteiger partial charge in [-0.05, 0) is 50.5 Å². The lowest BCUT2D eigenvalue weighted by Gasteiger charge is -2.31. The van der Waals surface area contributed by atoms with Gasteiger partial charge in [-0.2, -0.15) is 0 Å². The maximum atomic E-state index is 6.44. The van der Waals surface area contributed by atoms with E-state index in [1.165, 1.54) is 0 Å². The molecule has 0 spiro atoms. The van der Waals surface area contributed by atoms with Crippen molar-refractivity contribution >= 4 is 40.4 Å². The van der Waals surface area contributed by atoms with Crippen molar-refractivity contribution in [2.75, 3.05) is 0 Å². The van der Waals surface area contributed by atoms with Gasteiger partial charge in [-0.25, -0.2) is 0 Å². The van der Waals surface area contributed by atoms with Crippen molar-refractivity contribution in [2.45, 2.75) is 39.3 Å². The van der Waals surface area contributed by atoms with Crippen LogP contribution in [0.4, 0.5) is 0 Å². The minimum atomic E-state index is -2.08. The zero-order valence-corrected chi connectivity index (χ0v) is 21.7. The smallest absolute Gasteiger partial charge is 0.269 e. The van der Waals surface area contributed by atoms with Crippen LogP contribution in [0.25, 0.3) is 0 Å². The Morgan fingerprint density at radius 1 is 0.720 bits per heavy atom. The van der Waals surface area contributed by atoms with Crippen LogP contribution in [0.1, 0.15) is 0 Å². The number of hydrogen-bond acceptors (Lipinski definition) is 3. The highest BCUT2D eigenvalue weighted by Crippen LogP contribution is 2.40. The van der Waals surface area contributed by atoms with Gasteiger partial charge in [-0.3, -0.25) is 0 Å². The molecule has 138 valence electrons. The molecule has 3 nitrogen and oxygen atoms in total. The van der Waals surface area contributed by atoms with Gasteiger partial charge in [0.15, 0.2) is 5.75 Å². The van der Waals surface area contributed by atoms with Gasteiger partial charge in [0.2, 0.25) is 0 Å². The van der Waals surface area contributed by atoms with Crippen LogP contribution in [0, 0.1) is 0 Å². The molecule has 1 aromatic rings. The Bertz CT molecular complexity index is 667. The average Bonchev–Trinajstić information content (AvgIpc) is 2.53. The molecule has 1 rings (SSSR count). The van der Waals surface area contributed by atoms with Crippen LogP contribution in [0.2, 0.25) is 39.3 Å². The Kier molecular flexibility index (Phi) is 6.91. The van der Waals surface area contributed by atoms with Crippen molar-refractivity contribution in [3.8, 4) is 17.2 Å². The predicted octanol–water partition coefficient (Wildman–Crippen LogP) is 3.60. The zero-order valence-electron chi connectivity index (χ0n) is 16.7. The van der Waals surface area contributed by atoms with E-state index < -0.39 is 25.0 Å². The molecule has 0 amide bonds. The normalized spacial score (nSPS) is 12.4. The fourth-order valence-electron chi connectivity index (χ4n) is 1.88.